The number of hydrogen-bond donors (Lipinski definition) is 1. The van der Waals surface area contributed by atoms with E-state index in [0.29, 0.717) is 29.0 Å². The summed E-state index contributed by atoms with van der Waals surface area (Å²) in [5, 5.41) is 0.504. The van der Waals surface area contributed by atoms with Crippen LogP contribution in [0.1, 0.15) is 36.8 Å². The molecule has 0 amide bonds. The minimum Gasteiger partial charge on any atom is -0.330 e. The van der Waals surface area contributed by atoms with E-state index in [2.05, 4.69) is 29.2 Å². The Morgan fingerprint density at radius 1 is 1.00 bits per heavy atom. The van der Waals surface area contributed by atoms with Gasteiger partial charge in [-0.3, -0.25) is 4.90 Å². The van der Waals surface area contributed by atoms with Gasteiger partial charge < -0.3 is 5.73 Å². The molecule has 0 unspecified atom stereocenters. The van der Waals surface area contributed by atoms with Crippen molar-refractivity contribution in [3.05, 3.63) is 76.6 Å². The molecule has 150 valence electrons. The molecule has 3 rings (SSSR count). The summed E-state index contributed by atoms with van der Waals surface area (Å²) in [5.41, 5.74) is 7.60. The largest absolute Gasteiger partial charge is 0.330 e. The number of halogens is 2. The molecular formula is C24H30ClFN2. The Balaban J connectivity index is 1.67. The van der Waals surface area contributed by atoms with Gasteiger partial charge in [0.05, 0.1) is 0 Å². The van der Waals surface area contributed by atoms with Crippen molar-refractivity contribution in [3.8, 4) is 0 Å². The minimum atomic E-state index is -0.226. The molecule has 2 aromatic rings. The monoisotopic (exact) mass is 400 g/mol. The van der Waals surface area contributed by atoms with Crippen LogP contribution < -0.4 is 5.73 Å². The first-order valence-electron chi connectivity index (χ1n) is 10.2. The molecule has 28 heavy (non-hydrogen) atoms. The van der Waals surface area contributed by atoms with Crippen LogP contribution >= 0.6 is 11.6 Å². The Labute approximate surface area is 173 Å². The number of benzene rings is 2. The van der Waals surface area contributed by atoms with Gasteiger partial charge in [-0.15, -0.1) is 0 Å². The lowest BCUT2D eigenvalue weighted by Crippen LogP contribution is -2.33. The van der Waals surface area contributed by atoms with Gasteiger partial charge >= 0.3 is 0 Å². The maximum absolute atomic E-state index is 14.3. The van der Waals surface area contributed by atoms with Crippen LogP contribution in [0.2, 0.25) is 5.02 Å². The molecule has 0 atom stereocenters. The van der Waals surface area contributed by atoms with Gasteiger partial charge in [-0.1, -0.05) is 60.2 Å². The highest BCUT2D eigenvalue weighted by Crippen LogP contribution is 2.29. The van der Waals surface area contributed by atoms with Crippen molar-refractivity contribution < 1.29 is 4.39 Å². The quantitative estimate of drug-likeness (QED) is 0.610. The van der Waals surface area contributed by atoms with Crippen molar-refractivity contribution in [3.63, 3.8) is 0 Å². The maximum Gasteiger partial charge on any atom is 0.129 e. The number of hydrogen-bond acceptors (Lipinski definition) is 2. The van der Waals surface area contributed by atoms with Crippen LogP contribution in [-0.4, -0.2) is 24.5 Å². The molecule has 0 saturated heterocycles. The van der Waals surface area contributed by atoms with Crippen molar-refractivity contribution in [2.75, 3.05) is 19.6 Å². The zero-order valence-corrected chi connectivity index (χ0v) is 17.1. The van der Waals surface area contributed by atoms with Crippen molar-refractivity contribution in [1.29, 1.82) is 0 Å². The maximum atomic E-state index is 14.3. The second-order valence-electron chi connectivity index (χ2n) is 7.83. The average Bonchev–Trinajstić information content (AvgIpc) is 2.72. The first-order valence-corrected chi connectivity index (χ1v) is 10.6. The van der Waals surface area contributed by atoms with Gasteiger partial charge in [0, 0.05) is 30.2 Å². The van der Waals surface area contributed by atoms with Crippen molar-refractivity contribution in [1.82, 2.24) is 4.90 Å². The third-order valence-corrected chi connectivity index (χ3v) is 6.09. The van der Waals surface area contributed by atoms with Gasteiger partial charge in [-0.25, -0.2) is 4.39 Å². The van der Waals surface area contributed by atoms with E-state index in [0.717, 1.165) is 19.6 Å². The molecule has 1 saturated carbocycles. The first kappa shape index (κ1) is 21.0. The predicted molar refractivity (Wildman–Crippen MR) is 117 cm³/mol. The van der Waals surface area contributed by atoms with Gasteiger partial charge in [-0.05, 0) is 61.8 Å². The zero-order chi connectivity index (χ0) is 19.8. The summed E-state index contributed by atoms with van der Waals surface area (Å²) < 4.78 is 14.3. The van der Waals surface area contributed by atoms with Crippen LogP contribution in [0.5, 0.6) is 0 Å². The summed E-state index contributed by atoms with van der Waals surface area (Å²) in [6.07, 6.45) is 9.10. The molecule has 0 aromatic heterocycles. The molecule has 0 aliphatic heterocycles. The van der Waals surface area contributed by atoms with Crippen molar-refractivity contribution in [2.24, 2.45) is 17.6 Å². The molecule has 1 aliphatic carbocycles. The topological polar surface area (TPSA) is 29.3 Å². The van der Waals surface area contributed by atoms with Crippen molar-refractivity contribution in [2.45, 2.75) is 32.2 Å². The van der Waals surface area contributed by atoms with E-state index in [9.17, 15) is 4.39 Å². The van der Waals surface area contributed by atoms with E-state index in [1.807, 2.05) is 18.2 Å². The third kappa shape index (κ3) is 6.16. The second kappa shape index (κ2) is 10.8. The van der Waals surface area contributed by atoms with Crippen LogP contribution in [0, 0.1) is 17.7 Å². The predicted octanol–water partition coefficient (Wildman–Crippen LogP) is 5.76. The van der Waals surface area contributed by atoms with Crippen LogP contribution in [0.15, 0.2) is 54.6 Å². The normalized spacial score (nSPS) is 20.1. The molecule has 2 aromatic carbocycles. The van der Waals surface area contributed by atoms with E-state index in [4.69, 9.17) is 17.3 Å². The molecule has 0 spiro atoms. The molecule has 0 bridgehead atoms. The van der Waals surface area contributed by atoms with Crippen LogP contribution in [0.3, 0.4) is 0 Å². The summed E-state index contributed by atoms with van der Waals surface area (Å²) in [5.74, 6) is 1.08. The molecule has 0 heterocycles. The molecular weight excluding hydrogens is 371 g/mol. The fourth-order valence-corrected chi connectivity index (χ4v) is 4.25. The fraction of sp³-hybridized carbons (Fsp3) is 0.417. The number of nitrogens with two attached hydrogens (primary N) is 1. The second-order valence-corrected chi connectivity index (χ2v) is 8.24. The summed E-state index contributed by atoms with van der Waals surface area (Å²) >= 11 is 6.29. The Morgan fingerprint density at radius 3 is 2.39 bits per heavy atom. The third-order valence-electron chi connectivity index (χ3n) is 5.73. The Morgan fingerprint density at radius 2 is 1.71 bits per heavy atom. The first-order chi connectivity index (χ1) is 13.7. The molecule has 2 nitrogen and oxygen atoms in total. The fourth-order valence-electron chi connectivity index (χ4n) is 4.03. The van der Waals surface area contributed by atoms with E-state index >= 15 is 0 Å². The van der Waals surface area contributed by atoms with Gasteiger partial charge in [-0.2, -0.15) is 0 Å². The Hall–Kier alpha value is -1.68. The van der Waals surface area contributed by atoms with Crippen LogP contribution in [0.4, 0.5) is 4.39 Å². The van der Waals surface area contributed by atoms with E-state index in [1.165, 1.54) is 37.3 Å². The van der Waals surface area contributed by atoms with E-state index < -0.39 is 0 Å². The standard InChI is InChI=1S/C24H30ClFN2/c25-23-9-4-10-24(26)22(23)18-28(15-5-8-19-6-2-1-3-7-19)17-21-13-11-20(16-27)12-14-21/h1-10,20-21H,11-18,27H2. The van der Waals surface area contributed by atoms with Crippen LogP contribution in [0.25, 0.3) is 6.08 Å². The molecule has 1 fully saturated rings. The summed E-state index contributed by atoms with van der Waals surface area (Å²) in [7, 11) is 0. The molecule has 0 radical (unpaired) electrons. The highest BCUT2D eigenvalue weighted by molar-refractivity contribution is 6.31. The van der Waals surface area contributed by atoms with Gasteiger partial charge in [0.1, 0.15) is 5.82 Å². The van der Waals surface area contributed by atoms with Gasteiger partial charge in [0.15, 0.2) is 0 Å². The zero-order valence-electron chi connectivity index (χ0n) is 16.4. The van der Waals surface area contributed by atoms with Crippen LogP contribution in [-0.2, 0) is 6.54 Å². The smallest absolute Gasteiger partial charge is 0.129 e. The van der Waals surface area contributed by atoms with Gasteiger partial charge in [0.2, 0.25) is 0 Å². The lowest BCUT2D eigenvalue weighted by molar-refractivity contribution is 0.187. The highest BCUT2D eigenvalue weighted by atomic mass is 35.5. The van der Waals surface area contributed by atoms with E-state index in [1.54, 1.807) is 12.1 Å². The summed E-state index contributed by atoms with van der Waals surface area (Å²) in [6, 6.07) is 15.2. The van der Waals surface area contributed by atoms with Crippen molar-refractivity contribution >= 4 is 17.7 Å². The van der Waals surface area contributed by atoms with Gasteiger partial charge in [0.25, 0.3) is 0 Å². The molecule has 1 aliphatic rings. The molecule has 2 N–H and O–H groups in total. The lowest BCUT2D eigenvalue weighted by atomic mass is 9.82. The molecule has 4 heteroatoms. The Kier molecular flexibility index (Phi) is 8.08. The van der Waals surface area contributed by atoms with E-state index in [-0.39, 0.29) is 5.82 Å². The average molecular weight is 401 g/mol. The highest BCUT2D eigenvalue weighted by Gasteiger charge is 2.22. The summed E-state index contributed by atoms with van der Waals surface area (Å²) in [4.78, 5) is 2.32. The number of rotatable bonds is 8. The summed E-state index contributed by atoms with van der Waals surface area (Å²) in [6.45, 7) is 3.06. The number of nitrogens with zero attached hydrogens (tertiary/aromatic N) is 1. The Bertz CT molecular complexity index is 734. The lowest BCUT2D eigenvalue weighted by Gasteiger charge is -2.32. The minimum absolute atomic E-state index is 0.226. The SMILES string of the molecule is NCC1CCC(CN(CC=Cc2ccccc2)Cc2c(F)cccc2Cl)CC1.